The van der Waals surface area contributed by atoms with Crippen molar-refractivity contribution in [3.05, 3.63) is 99.4 Å². The molecule has 1 atom stereocenters. The molecule has 3 aromatic carbocycles. The second-order valence-corrected chi connectivity index (χ2v) is 7.68. The van der Waals surface area contributed by atoms with Gasteiger partial charge in [-0.25, -0.2) is 13.2 Å². The van der Waals surface area contributed by atoms with Crippen molar-refractivity contribution in [3.63, 3.8) is 0 Å². The SMILES string of the molecule is CC#Cc1ccc(C)cc1.Cc1cc(F)c(C)c(F)c1.Cc1cc(F)c(C)c(P)c1. The summed E-state index contributed by atoms with van der Waals surface area (Å²) in [5, 5.41) is 0.942. The Kier molecular flexibility index (Phi) is 10.4. The van der Waals surface area contributed by atoms with Crippen molar-refractivity contribution in [2.24, 2.45) is 0 Å². The van der Waals surface area contributed by atoms with Crippen LogP contribution in [0.15, 0.2) is 48.5 Å². The van der Waals surface area contributed by atoms with E-state index in [1.54, 1.807) is 19.9 Å². The maximum atomic E-state index is 12.8. The molecule has 0 fully saturated rings. The fourth-order valence-corrected chi connectivity index (χ4v) is 2.80. The largest absolute Gasteiger partial charge is 0.207 e. The second-order valence-electron chi connectivity index (χ2n) is 7.06. The van der Waals surface area contributed by atoms with Gasteiger partial charge in [0.25, 0.3) is 0 Å². The van der Waals surface area contributed by atoms with Crippen molar-refractivity contribution < 1.29 is 13.2 Å². The van der Waals surface area contributed by atoms with Crippen molar-refractivity contribution in [1.82, 2.24) is 0 Å². The molecule has 0 nitrogen and oxygen atoms in total. The Morgan fingerprint density at radius 2 is 1.07 bits per heavy atom. The van der Waals surface area contributed by atoms with Crippen LogP contribution in [0.3, 0.4) is 0 Å². The van der Waals surface area contributed by atoms with Gasteiger partial charge in [-0.15, -0.1) is 15.2 Å². The van der Waals surface area contributed by atoms with Gasteiger partial charge >= 0.3 is 0 Å². The molecule has 0 aromatic heterocycles. The molecule has 0 heterocycles. The lowest BCUT2D eigenvalue weighted by atomic mass is 10.1. The van der Waals surface area contributed by atoms with E-state index in [-0.39, 0.29) is 11.4 Å². The minimum atomic E-state index is -0.475. The van der Waals surface area contributed by atoms with Gasteiger partial charge in [0.1, 0.15) is 17.5 Å². The zero-order valence-electron chi connectivity index (χ0n) is 18.3. The first-order chi connectivity index (χ1) is 14.0. The highest BCUT2D eigenvalue weighted by atomic mass is 31.0. The molecule has 0 radical (unpaired) electrons. The molecule has 1 unspecified atom stereocenters. The monoisotopic (exact) mass is 428 g/mol. The summed E-state index contributed by atoms with van der Waals surface area (Å²) in [5.74, 6) is 4.77. The molecule has 0 aliphatic rings. The Hall–Kier alpha value is -2.56. The molecule has 0 aliphatic heterocycles. The molecule has 3 aromatic rings. The fourth-order valence-electron chi connectivity index (χ4n) is 2.39. The number of halogens is 3. The van der Waals surface area contributed by atoms with Gasteiger partial charge in [-0.2, -0.15) is 0 Å². The fraction of sp³-hybridized carbons (Fsp3) is 0.231. The Morgan fingerprint density at radius 1 is 0.633 bits per heavy atom. The van der Waals surface area contributed by atoms with Gasteiger partial charge in [-0.1, -0.05) is 29.7 Å². The lowest BCUT2D eigenvalue weighted by Gasteiger charge is -2.01. The van der Waals surface area contributed by atoms with Crippen LogP contribution in [0.25, 0.3) is 0 Å². The minimum absolute atomic E-state index is 0.0885. The molecule has 0 saturated heterocycles. The third kappa shape index (κ3) is 8.44. The highest BCUT2D eigenvalue weighted by Crippen LogP contribution is 2.12. The van der Waals surface area contributed by atoms with Crippen LogP contribution in [0.4, 0.5) is 13.2 Å². The first kappa shape index (κ1) is 25.5. The van der Waals surface area contributed by atoms with Crippen LogP contribution >= 0.6 is 9.24 Å². The number of benzene rings is 3. The molecule has 0 amide bonds. The summed E-state index contributed by atoms with van der Waals surface area (Å²) < 4.78 is 38.0. The maximum absolute atomic E-state index is 12.8. The molecule has 0 N–H and O–H groups in total. The predicted molar refractivity (Wildman–Crippen MR) is 125 cm³/mol. The summed E-state index contributed by atoms with van der Waals surface area (Å²) in [6, 6.07) is 14.3. The molecule has 3 rings (SSSR count). The van der Waals surface area contributed by atoms with Gasteiger partial charge in [-0.05, 0) is 93.9 Å². The first-order valence-electron chi connectivity index (χ1n) is 9.49. The van der Waals surface area contributed by atoms with Crippen LogP contribution in [-0.4, -0.2) is 0 Å². The molecule has 158 valence electrons. The van der Waals surface area contributed by atoms with Crippen LogP contribution < -0.4 is 5.30 Å². The Bertz CT molecular complexity index is 941. The molecule has 0 aliphatic carbocycles. The van der Waals surface area contributed by atoms with E-state index in [1.165, 1.54) is 24.6 Å². The summed E-state index contributed by atoms with van der Waals surface area (Å²) in [5.41, 5.74) is 4.75. The summed E-state index contributed by atoms with van der Waals surface area (Å²) in [6.45, 7) is 10.7. The van der Waals surface area contributed by atoms with E-state index >= 15 is 0 Å². The van der Waals surface area contributed by atoms with Crippen molar-refractivity contribution in [3.8, 4) is 11.8 Å². The number of rotatable bonds is 0. The van der Waals surface area contributed by atoms with E-state index in [9.17, 15) is 13.2 Å². The number of hydrogen-bond acceptors (Lipinski definition) is 0. The van der Waals surface area contributed by atoms with E-state index in [0.717, 1.165) is 22.0 Å². The number of aryl methyl sites for hydroxylation is 3. The average Bonchev–Trinajstić information content (AvgIpc) is 2.67. The minimum Gasteiger partial charge on any atom is -0.207 e. The molecule has 0 bridgehead atoms. The first-order valence-corrected chi connectivity index (χ1v) is 10.1. The van der Waals surface area contributed by atoms with Gasteiger partial charge in [0.15, 0.2) is 0 Å². The molecule has 0 saturated carbocycles. The maximum Gasteiger partial charge on any atom is 0.129 e. The van der Waals surface area contributed by atoms with E-state index in [4.69, 9.17) is 0 Å². The van der Waals surface area contributed by atoms with E-state index in [2.05, 4.69) is 40.1 Å². The van der Waals surface area contributed by atoms with Gasteiger partial charge in [0, 0.05) is 11.1 Å². The second kappa shape index (κ2) is 12.2. The van der Waals surface area contributed by atoms with Gasteiger partial charge in [-0.3, -0.25) is 0 Å². The number of hydrogen-bond donors (Lipinski definition) is 0. The van der Waals surface area contributed by atoms with Gasteiger partial charge in [0.05, 0.1) is 0 Å². The van der Waals surface area contributed by atoms with Gasteiger partial charge < -0.3 is 0 Å². The summed E-state index contributed by atoms with van der Waals surface area (Å²) in [7, 11) is 2.52. The quantitative estimate of drug-likeness (QED) is 0.270. The van der Waals surface area contributed by atoms with Crippen LogP contribution in [0, 0.1) is 63.9 Å². The lowest BCUT2D eigenvalue weighted by molar-refractivity contribution is 0.566. The molecular formula is C26H28F3P. The molecule has 0 spiro atoms. The standard InChI is InChI=1S/C10H10.C8H8F2.C8H10FP/c1-3-4-10-7-5-9(2)6-8-10;2*1-5-3-7(9)6(2)8(10)4-5/h5-8H,1-2H3;3-4H,1-2H3;3-4H,10H2,1-2H3. The highest BCUT2D eigenvalue weighted by molar-refractivity contribution is 7.27. The molecular weight excluding hydrogens is 400 g/mol. The summed E-state index contributed by atoms with van der Waals surface area (Å²) in [4.78, 5) is 0. The highest BCUT2D eigenvalue weighted by Gasteiger charge is 2.03. The summed E-state index contributed by atoms with van der Waals surface area (Å²) >= 11 is 0. The van der Waals surface area contributed by atoms with Crippen LogP contribution in [0.1, 0.15) is 40.3 Å². The van der Waals surface area contributed by atoms with Crippen LogP contribution in [-0.2, 0) is 0 Å². The Morgan fingerprint density at radius 3 is 1.50 bits per heavy atom. The van der Waals surface area contributed by atoms with Crippen molar-refractivity contribution in [2.45, 2.75) is 41.5 Å². The van der Waals surface area contributed by atoms with E-state index in [1.807, 2.05) is 32.0 Å². The average molecular weight is 428 g/mol. The smallest absolute Gasteiger partial charge is 0.129 e. The van der Waals surface area contributed by atoms with Crippen molar-refractivity contribution in [1.29, 1.82) is 0 Å². The molecule has 4 heteroatoms. The third-order valence-electron chi connectivity index (χ3n) is 4.28. The Labute approximate surface area is 180 Å². The van der Waals surface area contributed by atoms with Crippen LogP contribution in [0.5, 0.6) is 0 Å². The molecule has 30 heavy (non-hydrogen) atoms. The van der Waals surface area contributed by atoms with E-state index in [0.29, 0.717) is 5.56 Å². The third-order valence-corrected chi connectivity index (χ3v) is 4.87. The van der Waals surface area contributed by atoms with Gasteiger partial charge in [0.2, 0.25) is 0 Å². The van der Waals surface area contributed by atoms with Crippen LogP contribution in [0.2, 0.25) is 0 Å². The predicted octanol–water partition coefficient (Wildman–Crippen LogP) is 6.89. The normalized spacial score (nSPS) is 9.40. The van der Waals surface area contributed by atoms with Crippen molar-refractivity contribution in [2.75, 3.05) is 0 Å². The zero-order valence-corrected chi connectivity index (χ0v) is 19.5. The summed E-state index contributed by atoms with van der Waals surface area (Å²) in [6.07, 6.45) is 0. The Balaban J connectivity index is 0.000000225. The van der Waals surface area contributed by atoms with E-state index < -0.39 is 11.6 Å². The topological polar surface area (TPSA) is 0 Å². The zero-order chi connectivity index (χ0) is 22.8. The lowest BCUT2D eigenvalue weighted by Crippen LogP contribution is -2.00. The van der Waals surface area contributed by atoms with Crippen molar-refractivity contribution >= 4 is 14.5 Å².